The van der Waals surface area contributed by atoms with Gasteiger partial charge in [-0.2, -0.15) is 11.8 Å². The van der Waals surface area contributed by atoms with Gasteiger partial charge in [0.15, 0.2) is 0 Å². The fourth-order valence-electron chi connectivity index (χ4n) is 4.24. The number of methoxy groups -OCH3 is 1. The van der Waals surface area contributed by atoms with Crippen LogP contribution in [0.1, 0.15) is 36.5 Å². The Morgan fingerprint density at radius 1 is 0.953 bits per heavy atom. The summed E-state index contributed by atoms with van der Waals surface area (Å²) in [4.78, 5) is 36.8. The van der Waals surface area contributed by atoms with Gasteiger partial charge in [0.05, 0.1) is 38.1 Å². The number of hydrogen-bond donors (Lipinski definition) is 7. The maximum Gasteiger partial charge on any atom is 0.366 e. The van der Waals surface area contributed by atoms with Crippen LogP contribution in [0.25, 0.3) is 11.1 Å². The maximum atomic E-state index is 12.6. The number of ether oxygens (including phenoxy) is 2. The molecule has 12 nitrogen and oxygen atoms in total. The van der Waals surface area contributed by atoms with Crippen molar-refractivity contribution in [1.29, 1.82) is 0 Å². The Kier molecular flexibility index (Phi) is 15.6. The van der Waals surface area contributed by atoms with E-state index in [1.807, 2.05) is 30.3 Å². The Labute approximate surface area is 256 Å². The highest BCUT2D eigenvalue weighted by atomic mass is 32.2. The van der Waals surface area contributed by atoms with Crippen LogP contribution in [0.5, 0.6) is 0 Å². The number of esters is 1. The highest BCUT2D eigenvalue weighted by molar-refractivity contribution is 7.99. The lowest BCUT2D eigenvalue weighted by Gasteiger charge is -2.32. The van der Waals surface area contributed by atoms with Crippen LogP contribution >= 0.6 is 11.8 Å². The first-order valence-electron chi connectivity index (χ1n) is 14.0. The molecule has 0 aliphatic carbocycles. The molecule has 238 valence electrons. The highest BCUT2D eigenvalue weighted by Crippen LogP contribution is 2.22. The van der Waals surface area contributed by atoms with Gasteiger partial charge in [-0.3, -0.25) is 9.59 Å². The van der Waals surface area contributed by atoms with E-state index in [1.54, 1.807) is 36.0 Å². The monoisotopic (exact) mass is 621 g/mol. The molecule has 0 spiro atoms. The van der Waals surface area contributed by atoms with Crippen molar-refractivity contribution in [2.45, 2.75) is 56.3 Å². The molecular formula is C30H43N3O9S. The average Bonchev–Trinajstić information content (AvgIpc) is 3.00. The molecule has 2 amide bonds. The van der Waals surface area contributed by atoms with E-state index in [4.69, 9.17) is 10.5 Å². The summed E-state index contributed by atoms with van der Waals surface area (Å²) in [6.45, 7) is 1.37. The number of amides is 2. The Hall–Kier alpha value is -3.04. The molecule has 0 radical (unpaired) electrons. The van der Waals surface area contributed by atoms with Gasteiger partial charge in [0.1, 0.15) is 0 Å². The van der Waals surface area contributed by atoms with Crippen LogP contribution < -0.4 is 16.4 Å². The van der Waals surface area contributed by atoms with E-state index >= 15 is 0 Å². The van der Waals surface area contributed by atoms with Crippen molar-refractivity contribution in [2.75, 3.05) is 38.3 Å². The van der Waals surface area contributed by atoms with Crippen molar-refractivity contribution in [2.24, 2.45) is 5.73 Å². The molecular weight excluding hydrogens is 578 g/mol. The zero-order valence-electron chi connectivity index (χ0n) is 24.5. The van der Waals surface area contributed by atoms with Crippen molar-refractivity contribution < 1.29 is 44.3 Å². The molecule has 0 aromatic heterocycles. The number of nitrogens with two attached hydrogens (primary N) is 1. The van der Waals surface area contributed by atoms with Gasteiger partial charge in [-0.1, -0.05) is 42.5 Å². The Morgan fingerprint density at radius 2 is 1.60 bits per heavy atom. The van der Waals surface area contributed by atoms with Crippen molar-refractivity contribution in [3.8, 4) is 11.1 Å². The second-order valence-corrected chi connectivity index (χ2v) is 11.2. The van der Waals surface area contributed by atoms with Crippen LogP contribution in [-0.4, -0.2) is 107 Å². The molecule has 0 aliphatic rings. The molecule has 0 saturated heterocycles. The third-order valence-corrected chi connectivity index (χ3v) is 7.65. The summed E-state index contributed by atoms with van der Waals surface area (Å²) in [6.07, 6.45) is -5.10. The number of thioether (sulfide) groups is 1. The van der Waals surface area contributed by atoms with Gasteiger partial charge >= 0.3 is 5.97 Å². The normalized spacial score (nSPS) is 15.4. The Bertz CT molecular complexity index is 1140. The maximum absolute atomic E-state index is 12.6. The van der Waals surface area contributed by atoms with E-state index in [1.165, 1.54) is 6.92 Å². The summed E-state index contributed by atoms with van der Waals surface area (Å²) in [6, 6.07) is 15.3. The van der Waals surface area contributed by atoms with E-state index in [0.717, 1.165) is 24.0 Å². The van der Waals surface area contributed by atoms with Crippen LogP contribution in [-0.2, 0) is 19.1 Å². The molecule has 13 heteroatoms. The van der Waals surface area contributed by atoms with E-state index in [2.05, 4.69) is 15.4 Å². The van der Waals surface area contributed by atoms with Crippen molar-refractivity contribution in [3.05, 3.63) is 60.2 Å². The molecule has 0 bridgehead atoms. The summed E-state index contributed by atoms with van der Waals surface area (Å²) >= 11 is 1.58. The zero-order valence-corrected chi connectivity index (χ0v) is 25.3. The first-order valence-corrected chi connectivity index (χ1v) is 15.1. The van der Waals surface area contributed by atoms with Gasteiger partial charge in [0, 0.05) is 37.8 Å². The average molecular weight is 622 g/mol. The molecule has 5 unspecified atom stereocenters. The summed E-state index contributed by atoms with van der Waals surface area (Å²) in [5.74, 6) is -3.26. The Morgan fingerprint density at radius 3 is 2.21 bits per heavy atom. The number of aliphatic hydroxyl groups is 4. The largest absolute Gasteiger partial charge is 0.465 e. The van der Waals surface area contributed by atoms with Gasteiger partial charge in [-0.25, -0.2) is 4.79 Å². The molecule has 0 fully saturated rings. The van der Waals surface area contributed by atoms with Crippen LogP contribution in [0.15, 0.2) is 54.6 Å². The van der Waals surface area contributed by atoms with Gasteiger partial charge < -0.3 is 46.3 Å². The van der Waals surface area contributed by atoms with Crippen LogP contribution in [0.2, 0.25) is 0 Å². The first-order chi connectivity index (χ1) is 20.5. The first kappa shape index (κ1) is 36.2. The lowest BCUT2D eigenvalue weighted by Crippen LogP contribution is -2.53. The molecule has 43 heavy (non-hydrogen) atoms. The minimum absolute atomic E-state index is 0.0171. The topological polar surface area (TPSA) is 201 Å². The second kappa shape index (κ2) is 18.6. The predicted molar refractivity (Wildman–Crippen MR) is 163 cm³/mol. The third-order valence-electron chi connectivity index (χ3n) is 6.54. The summed E-state index contributed by atoms with van der Waals surface area (Å²) in [7, 11) is 1.05. The summed E-state index contributed by atoms with van der Waals surface area (Å²) in [5, 5.41) is 47.9. The zero-order chi connectivity index (χ0) is 31.8. The molecule has 5 atom stereocenters. The van der Waals surface area contributed by atoms with E-state index in [-0.39, 0.29) is 19.6 Å². The molecule has 0 aliphatic heterocycles. The number of carbonyl (C=O) groups is 3. The van der Waals surface area contributed by atoms with Crippen molar-refractivity contribution >= 4 is 29.5 Å². The third kappa shape index (κ3) is 12.2. The highest BCUT2D eigenvalue weighted by Gasteiger charge is 2.43. The van der Waals surface area contributed by atoms with Gasteiger partial charge in [-0.15, -0.1) is 0 Å². The van der Waals surface area contributed by atoms with Gasteiger partial charge in [0.25, 0.3) is 11.7 Å². The van der Waals surface area contributed by atoms with Crippen LogP contribution in [0.4, 0.5) is 0 Å². The lowest BCUT2D eigenvalue weighted by atomic mass is 9.95. The van der Waals surface area contributed by atoms with Crippen LogP contribution in [0.3, 0.4) is 0 Å². The lowest BCUT2D eigenvalue weighted by molar-refractivity contribution is -0.236. The predicted octanol–water partition coefficient (Wildman–Crippen LogP) is 0.411. The standard InChI is InChI=1S/C30H43N3O9S/c1-20(34)33-24(26(36)18-30(40,29(39)41-2)42-14-6-15-43-16-13-31)17-25(35)27(37)19-32-28(38)23-11-9-22(10-12-23)21-7-4-3-5-8-21/h3-5,7-12,24-27,35-37,40H,6,13-19,31H2,1-2H3,(H,32,38)(H,33,34). The summed E-state index contributed by atoms with van der Waals surface area (Å²) < 4.78 is 10.0. The van der Waals surface area contributed by atoms with E-state index in [0.29, 0.717) is 24.3 Å². The minimum atomic E-state index is -2.52. The quantitative estimate of drug-likeness (QED) is 0.0651. The molecule has 0 saturated carbocycles. The minimum Gasteiger partial charge on any atom is -0.465 e. The molecule has 8 N–H and O–H groups in total. The van der Waals surface area contributed by atoms with Crippen LogP contribution in [0, 0.1) is 0 Å². The number of hydrogen-bond acceptors (Lipinski definition) is 11. The van der Waals surface area contributed by atoms with E-state index < -0.39 is 54.3 Å². The molecule has 2 aromatic carbocycles. The number of rotatable bonds is 19. The number of aliphatic hydroxyl groups excluding tert-OH is 3. The number of carbonyl (C=O) groups excluding carboxylic acids is 3. The fraction of sp³-hybridized carbons (Fsp3) is 0.500. The molecule has 0 heterocycles. The molecule has 2 aromatic rings. The Balaban J connectivity index is 1.96. The van der Waals surface area contributed by atoms with Gasteiger partial charge in [-0.05, 0) is 41.9 Å². The van der Waals surface area contributed by atoms with Crippen molar-refractivity contribution in [3.63, 3.8) is 0 Å². The summed E-state index contributed by atoms with van der Waals surface area (Å²) in [5.41, 5.74) is 7.74. The van der Waals surface area contributed by atoms with Gasteiger partial charge in [0.2, 0.25) is 5.91 Å². The number of benzene rings is 2. The van der Waals surface area contributed by atoms with Crippen molar-refractivity contribution in [1.82, 2.24) is 10.6 Å². The van der Waals surface area contributed by atoms with E-state index in [9.17, 15) is 34.8 Å². The number of nitrogens with one attached hydrogen (secondary N) is 2. The molecule has 2 rings (SSSR count). The SMILES string of the molecule is COC(=O)C(O)(CC(O)C(CC(O)C(O)CNC(=O)c1ccc(-c2ccccc2)cc1)NC(C)=O)OCCCSCCN. The smallest absolute Gasteiger partial charge is 0.366 e. The fourth-order valence-corrected chi connectivity index (χ4v) is 4.94. The second-order valence-electron chi connectivity index (χ2n) is 9.98.